The van der Waals surface area contributed by atoms with Crippen molar-refractivity contribution in [1.29, 1.82) is 0 Å². The molecule has 3 heterocycles. The van der Waals surface area contributed by atoms with Gasteiger partial charge in [0.15, 0.2) is 12.6 Å². The molecule has 3 rings (SSSR count). The summed E-state index contributed by atoms with van der Waals surface area (Å²) < 4.78 is 33.1. The highest BCUT2D eigenvalue weighted by Gasteiger charge is 2.60. The van der Waals surface area contributed by atoms with Gasteiger partial charge < -0.3 is 110 Å². The van der Waals surface area contributed by atoms with Gasteiger partial charge in [0.05, 0.1) is 44.7 Å². The molecule has 53 heavy (non-hydrogen) atoms. The predicted octanol–water partition coefficient (Wildman–Crippen LogP) is -9.74. The third-order valence-corrected chi connectivity index (χ3v) is 9.18. The van der Waals surface area contributed by atoms with Crippen LogP contribution in [0.25, 0.3) is 0 Å². The summed E-state index contributed by atoms with van der Waals surface area (Å²) in [5, 5.41) is 158. The molecule has 0 spiro atoms. The molecular weight excluding hydrogens is 730 g/mol. The molecule has 0 aromatic carbocycles. The fraction of sp³-hybridized carbons (Fsp3) is 0.931. The van der Waals surface area contributed by atoms with Crippen LogP contribution in [0, 0.1) is 0 Å². The fourth-order valence-electron chi connectivity index (χ4n) is 6.19. The lowest BCUT2D eigenvalue weighted by atomic mass is 9.88. The number of carbonyl (C=O) groups excluding carboxylic acids is 1. The van der Waals surface area contributed by atoms with Crippen molar-refractivity contribution in [2.24, 2.45) is 0 Å². The number of ether oxygens (including phenoxy) is 6. The number of carbonyl (C=O) groups is 2. The Hall–Kier alpha value is -1.86. The number of amides is 1. The Kier molecular flexibility index (Phi) is 16.6. The van der Waals surface area contributed by atoms with Crippen molar-refractivity contribution in [2.45, 2.75) is 142 Å². The van der Waals surface area contributed by atoms with E-state index < -0.39 is 167 Å². The average molecular weight is 782 g/mol. The maximum absolute atomic E-state index is 12.8. The topological polar surface area (TPSA) is 405 Å². The molecule has 310 valence electrons. The van der Waals surface area contributed by atoms with E-state index in [1.165, 1.54) is 6.92 Å². The molecule has 3 aliphatic rings. The average Bonchev–Trinajstić information content (AvgIpc) is 3.12. The largest absolute Gasteiger partial charge is 0.477 e. The van der Waals surface area contributed by atoms with Crippen LogP contribution in [0.1, 0.15) is 20.3 Å². The Labute approximate surface area is 300 Å². The second-order valence-electron chi connectivity index (χ2n) is 13.1. The van der Waals surface area contributed by atoms with Crippen LogP contribution in [0.5, 0.6) is 0 Å². The Morgan fingerprint density at radius 3 is 1.77 bits per heavy atom. The summed E-state index contributed by atoms with van der Waals surface area (Å²) in [5.74, 6) is -5.97. The summed E-state index contributed by atoms with van der Waals surface area (Å²) in [6, 6.07) is -1.61. The lowest BCUT2D eigenvalue weighted by Crippen LogP contribution is -2.70. The van der Waals surface area contributed by atoms with Gasteiger partial charge in [-0.3, -0.25) is 4.79 Å². The van der Waals surface area contributed by atoms with Gasteiger partial charge in [0.25, 0.3) is 5.79 Å². The van der Waals surface area contributed by atoms with Crippen molar-refractivity contribution >= 4 is 11.9 Å². The van der Waals surface area contributed by atoms with Crippen molar-refractivity contribution in [3.63, 3.8) is 0 Å². The third kappa shape index (κ3) is 10.1. The van der Waals surface area contributed by atoms with Gasteiger partial charge in [0, 0.05) is 13.3 Å². The summed E-state index contributed by atoms with van der Waals surface area (Å²) in [6.07, 6.45) is -36.9. The summed E-state index contributed by atoms with van der Waals surface area (Å²) >= 11 is 0. The maximum Gasteiger partial charge on any atom is 0.364 e. The number of aliphatic hydroxyl groups is 14. The van der Waals surface area contributed by atoms with Gasteiger partial charge >= 0.3 is 5.97 Å². The number of aliphatic carboxylic acids is 1. The van der Waals surface area contributed by atoms with E-state index in [1.54, 1.807) is 0 Å². The van der Waals surface area contributed by atoms with Crippen LogP contribution in [0.3, 0.4) is 0 Å². The molecule has 3 saturated heterocycles. The van der Waals surface area contributed by atoms with Crippen molar-refractivity contribution < 1.29 is 115 Å². The highest BCUT2D eigenvalue weighted by molar-refractivity contribution is 5.76. The molecule has 24 nitrogen and oxygen atoms in total. The Morgan fingerprint density at radius 1 is 0.774 bits per heavy atom. The number of hydrogen-bond donors (Lipinski definition) is 16. The number of aliphatic hydroxyl groups excluding tert-OH is 14. The molecule has 0 aromatic rings. The van der Waals surface area contributed by atoms with Crippen molar-refractivity contribution in [3.05, 3.63) is 0 Å². The van der Waals surface area contributed by atoms with Crippen LogP contribution >= 0.6 is 0 Å². The van der Waals surface area contributed by atoms with Gasteiger partial charge in [-0.15, -0.1) is 0 Å². The van der Waals surface area contributed by atoms with Crippen LogP contribution in [0.2, 0.25) is 0 Å². The molecule has 0 radical (unpaired) electrons. The predicted molar refractivity (Wildman–Crippen MR) is 163 cm³/mol. The van der Waals surface area contributed by atoms with E-state index in [0.29, 0.717) is 0 Å². The van der Waals surface area contributed by atoms with E-state index in [-0.39, 0.29) is 0 Å². The number of nitrogens with one attached hydrogen (secondary N) is 1. The number of carboxylic acid groups (broad SMARTS) is 1. The molecule has 1 amide bonds. The van der Waals surface area contributed by atoms with E-state index in [0.717, 1.165) is 6.92 Å². The first-order valence-corrected chi connectivity index (χ1v) is 16.5. The molecule has 0 saturated carbocycles. The van der Waals surface area contributed by atoms with E-state index in [4.69, 9.17) is 28.4 Å². The van der Waals surface area contributed by atoms with Crippen LogP contribution < -0.4 is 5.32 Å². The lowest BCUT2D eigenvalue weighted by molar-refractivity contribution is -0.382. The standard InChI is InChI=1S/C29H51NO23/c1-8-16(40)19(43)20(44)26(48-8)50-22(12(38)5-32)23(13(39)6-33)51-27-21(45)25(18(42)14(7-34)49-27)53-29(28(46)47)3-10(36)15(30-9(2)35)24(52-29)17(41)11(37)4-31/h8,10-27,31-34,36-45H,3-7H2,1-2H3,(H,30,35)(H,46,47)/t8-,10-,11+,12-,13+,14+,15+,16+,17+,18-,19+,20-,21+,22+,23+,24+,25-,26-,27-,29-/m0/s1. The molecule has 3 fully saturated rings. The van der Waals surface area contributed by atoms with E-state index >= 15 is 0 Å². The van der Waals surface area contributed by atoms with E-state index in [1.807, 2.05) is 0 Å². The first kappa shape index (κ1) is 45.5. The minimum absolute atomic E-state index is 0.792. The van der Waals surface area contributed by atoms with Crippen LogP contribution in [0.4, 0.5) is 0 Å². The third-order valence-electron chi connectivity index (χ3n) is 9.18. The molecule has 0 bridgehead atoms. The zero-order chi connectivity index (χ0) is 40.1. The van der Waals surface area contributed by atoms with E-state index in [2.05, 4.69) is 5.32 Å². The van der Waals surface area contributed by atoms with Gasteiger partial charge in [0.1, 0.15) is 85.5 Å². The van der Waals surface area contributed by atoms with Crippen LogP contribution in [0.15, 0.2) is 0 Å². The summed E-state index contributed by atoms with van der Waals surface area (Å²) in [7, 11) is 0. The molecule has 20 atom stereocenters. The molecular formula is C29H51NO23. The zero-order valence-corrected chi connectivity index (χ0v) is 28.5. The maximum atomic E-state index is 12.8. The van der Waals surface area contributed by atoms with Gasteiger partial charge in [-0.25, -0.2) is 4.79 Å². The zero-order valence-electron chi connectivity index (χ0n) is 28.5. The van der Waals surface area contributed by atoms with Gasteiger partial charge in [-0.05, 0) is 6.92 Å². The molecule has 0 aliphatic carbocycles. The van der Waals surface area contributed by atoms with Gasteiger partial charge in [0.2, 0.25) is 5.91 Å². The second kappa shape index (κ2) is 19.3. The molecule has 16 N–H and O–H groups in total. The van der Waals surface area contributed by atoms with Crippen LogP contribution in [-0.2, 0) is 38.0 Å². The molecule has 0 aromatic heterocycles. The van der Waals surface area contributed by atoms with Gasteiger partial charge in [-0.1, -0.05) is 0 Å². The number of carboxylic acids is 1. The Morgan fingerprint density at radius 2 is 1.30 bits per heavy atom. The smallest absolute Gasteiger partial charge is 0.364 e. The second-order valence-corrected chi connectivity index (χ2v) is 13.1. The minimum Gasteiger partial charge on any atom is -0.477 e. The first-order chi connectivity index (χ1) is 24.8. The highest BCUT2D eigenvalue weighted by Crippen LogP contribution is 2.38. The quantitative estimate of drug-likeness (QED) is 0.0651. The van der Waals surface area contributed by atoms with Crippen molar-refractivity contribution in [2.75, 3.05) is 26.4 Å². The lowest BCUT2D eigenvalue weighted by Gasteiger charge is -2.50. The van der Waals surface area contributed by atoms with E-state index in [9.17, 15) is 86.2 Å². The summed E-state index contributed by atoms with van der Waals surface area (Å²) in [5.41, 5.74) is 0. The SMILES string of the molecule is CC(=O)N[C@H]1[C@H]([C@H](O)[C@H](O)CO)O[C@@](O[C@H]2[C@@H](O)[C@@H](CO)O[C@@H](O[C@@H]([C@H](O[C@@H]3O[C@@H](C)[C@@H](O)[C@@H](O)[C@@H]3O)[C@@H](O)CO)[C@H](O)CO)[C@@H]2O)(C(=O)O)C[C@@H]1O. The molecule has 0 unspecified atom stereocenters. The first-order valence-electron chi connectivity index (χ1n) is 16.5. The van der Waals surface area contributed by atoms with Crippen LogP contribution in [-0.4, -0.2) is 237 Å². The highest BCUT2D eigenvalue weighted by atomic mass is 16.8. The van der Waals surface area contributed by atoms with Gasteiger partial charge in [-0.2, -0.15) is 0 Å². The molecule has 24 heteroatoms. The summed E-state index contributed by atoms with van der Waals surface area (Å²) in [4.78, 5) is 24.6. The molecule has 3 aliphatic heterocycles. The minimum atomic E-state index is -3.14. The van der Waals surface area contributed by atoms with Crippen molar-refractivity contribution in [3.8, 4) is 0 Å². The Bertz CT molecular complexity index is 1170. The summed E-state index contributed by atoms with van der Waals surface area (Å²) in [6.45, 7) is -2.19. The monoisotopic (exact) mass is 781 g/mol. The number of rotatable bonds is 17. The fourth-order valence-corrected chi connectivity index (χ4v) is 6.19. The Balaban J connectivity index is 2.00. The number of hydrogen-bond acceptors (Lipinski definition) is 22. The van der Waals surface area contributed by atoms with Crippen molar-refractivity contribution in [1.82, 2.24) is 5.32 Å². The normalized spacial score (nSPS) is 41.5.